The van der Waals surface area contributed by atoms with Crippen molar-refractivity contribution in [2.45, 2.75) is 26.3 Å². The van der Waals surface area contributed by atoms with Gasteiger partial charge in [-0.2, -0.15) is 0 Å². The Balaban J connectivity index is 2.24. The van der Waals surface area contributed by atoms with Crippen LogP contribution in [0, 0.1) is 0 Å². The molecule has 1 aliphatic heterocycles. The van der Waals surface area contributed by atoms with E-state index in [1.54, 1.807) is 4.90 Å². The second-order valence-corrected chi connectivity index (χ2v) is 3.46. The zero-order valence-corrected chi connectivity index (χ0v) is 8.09. The molecular weight excluding hydrogens is 182 g/mol. The summed E-state index contributed by atoms with van der Waals surface area (Å²) in [7, 11) is 0. The molecule has 0 radical (unpaired) electrons. The average Bonchev–Trinajstić information content (AvgIpc) is 2.59. The smallest absolute Gasteiger partial charge is 0.269 e. The Morgan fingerprint density at radius 3 is 3.00 bits per heavy atom. The molecule has 0 spiro atoms. The minimum absolute atomic E-state index is 0.103. The van der Waals surface area contributed by atoms with Crippen LogP contribution in [-0.2, 0) is 17.8 Å². The van der Waals surface area contributed by atoms with Crippen LogP contribution in [0.1, 0.15) is 24.6 Å². The molecule has 0 aliphatic carbocycles. The SMILES string of the molecule is CCC(=O)N1CCc2[nH][nH]c(=O)c2C1. The lowest BCUT2D eigenvalue weighted by molar-refractivity contribution is -0.131. The molecule has 14 heavy (non-hydrogen) atoms. The van der Waals surface area contributed by atoms with Crippen LogP contribution in [0.3, 0.4) is 0 Å². The highest BCUT2D eigenvalue weighted by molar-refractivity contribution is 5.76. The molecule has 0 atom stereocenters. The molecule has 5 heteroatoms. The van der Waals surface area contributed by atoms with Crippen LogP contribution in [0.5, 0.6) is 0 Å². The number of H-pyrrole nitrogens is 2. The third kappa shape index (κ3) is 1.34. The fourth-order valence-electron chi connectivity index (χ4n) is 1.75. The number of aromatic nitrogens is 2. The van der Waals surface area contributed by atoms with E-state index in [-0.39, 0.29) is 11.5 Å². The van der Waals surface area contributed by atoms with Gasteiger partial charge in [-0.05, 0) is 0 Å². The number of nitrogens with zero attached hydrogens (tertiary/aromatic N) is 1. The molecule has 1 aliphatic rings. The van der Waals surface area contributed by atoms with Gasteiger partial charge in [0.05, 0.1) is 12.1 Å². The average molecular weight is 195 g/mol. The molecule has 2 N–H and O–H groups in total. The van der Waals surface area contributed by atoms with Gasteiger partial charge in [0.25, 0.3) is 5.56 Å². The maximum absolute atomic E-state index is 11.4. The van der Waals surface area contributed by atoms with Gasteiger partial charge in [-0.15, -0.1) is 0 Å². The lowest BCUT2D eigenvalue weighted by Gasteiger charge is -2.25. The van der Waals surface area contributed by atoms with Gasteiger partial charge in [0.15, 0.2) is 0 Å². The second kappa shape index (κ2) is 3.32. The van der Waals surface area contributed by atoms with Crippen LogP contribution in [0.25, 0.3) is 0 Å². The summed E-state index contributed by atoms with van der Waals surface area (Å²) < 4.78 is 0. The van der Waals surface area contributed by atoms with Crippen LogP contribution in [0.4, 0.5) is 0 Å². The second-order valence-electron chi connectivity index (χ2n) is 3.46. The molecular formula is C9H13N3O2. The summed E-state index contributed by atoms with van der Waals surface area (Å²) in [5.41, 5.74) is 1.54. The molecule has 0 bridgehead atoms. The van der Waals surface area contributed by atoms with Crippen molar-refractivity contribution >= 4 is 5.91 Å². The van der Waals surface area contributed by atoms with Gasteiger partial charge in [0.2, 0.25) is 5.91 Å². The molecule has 0 saturated carbocycles. The standard InChI is InChI=1S/C9H13N3O2/c1-2-8(13)12-4-3-7-6(5-12)9(14)11-10-7/h2-5H2,1H3,(H2,10,11,14). The van der Waals surface area contributed by atoms with Crippen LogP contribution in [-0.4, -0.2) is 27.5 Å². The lowest BCUT2D eigenvalue weighted by Crippen LogP contribution is -2.36. The topological polar surface area (TPSA) is 69.0 Å². The maximum atomic E-state index is 11.4. The number of hydrogen-bond acceptors (Lipinski definition) is 2. The van der Waals surface area contributed by atoms with Gasteiger partial charge in [-0.3, -0.25) is 14.7 Å². The number of aromatic amines is 2. The van der Waals surface area contributed by atoms with E-state index < -0.39 is 0 Å². The van der Waals surface area contributed by atoms with Gasteiger partial charge < -0.3 is 10.00 Å². The van der Waals surface area contributed by atoms with E-state index in [9.17, 15) is 9.59 Å². The molecule has 0 fully saturated rings. The van der Waals surface area contributed by atoms with Crippen molar-refractivity contribution in [3.63, 3.8) is 0 Å². The quantitative estimate of drug-likeness (QED) is 0.662. The fraction of sp³-hybridized carbons (Fsp3) is 0.556. The van der Waals surface area contributed by atoms with Gasteiger partial charge in [-0.25, -0.2) is 0 Å². The first-order valence-electron chi connectivity index (χ1n) is 4.78. The maximum Gasteiger partial charge on any atom is 0.269 e. The minimum Gasteiger partial charge on any atom is -0.338 e. The summed E-state index contributed by atoms with van der Waals surface area (Å²) in [4.78, 5) is 24.4. The summed E-state index contributed by atoms with van der Waals surface area (Å²) in [6, 6.07) is 0. The highest BCUT2D eigenvalue weighted by Gasteiger charge is 2.22. The Morgan fingerprint density at radius 1 is 1.50 bits per heavy atom. The first-order chi connectivity index (χ1) is 6.72. The Hall–Kier alpha value is -1.52. The third-order valence-electron chi connectivity index (χ3n) is 2.60. The predicted octanol–water partition coefficient (Wildman–Crippen LogP) is -0.00230. The van der Waals surface area contributed by atoms with E-state index in [1.165, 1.54) is 0 Å². The summed E-state index contributed by atoms with van der Waals surface area (Å²) in [6.45, 7) is 2.98. The lowest BCUT2D eigenvalue weighted by atomic mass is 10.1. The zero-order valence-electron chi connectivity index (χ0n) is 8.09. The number of carbonyl (C=O) groups excluding carboxylic acids is 1. The van der Waals surface area contributed by atoms with Crippen LogP contribution in [0.2, 0.25) is 0 Å². The highest BCUT2D eigenvalue weighted by Crippen LogP contribution is 2.13. The Morgan fingerprint density at radius 2 is 2.29 bits per heavy atom. The van der Waals surface area contributed by atoms with E-state index in [1.807, 2.05) is 6.92 Å². The number of carbonyl (C=O) groups is 1. The third-order valence-corrected chi connectivity index (χ3v) is 2.60. The molecule has 1 aromatic rings. The highest BCUT2D eigenvalue weighted by atomic mass is 16.2. The molecule has 1 aromatic heterocycles. The number of fused-ring (bicyclic) bond motifs is 1. The van der Waals surface area contributed by atoms with E-state index in [2.05, 4.69) is 10.2 Å². The van der Waals surface area contributed by atoms with Gasteiger partial charge in [0, 0.05) is 25.1 Å². The number of nitrogens with one attached hydrogen (secondary N) is 2. The Bertz CT molecular complexity index is 404. The predicted molar refractivity (Wildman–Crippen MR) is 50.8 cm³/mol. The van der Waals surface area contributed by atoms with Crippen LogP contribution < -0.4 is 5.56 Å². The largest absolute Gasteiger partial charge is 0.338 e. The molecule has 5 nitrogen and oxygen atoms in total. The zero-order chi connectivity index (χ0) is 10.1. The molecule has 0 saturated heterocycles. The van der Waals surface area contributed by atoms with E-state index in [0.29, 0.717) is 25.1 Å². The molecule has 76 valence electrons. The number of amides is 1. The van der Waals surface area contributed by atoms with Crippen molar-refractivity contribution in [3.05, 3.63) is 21.6 Å². The van der Waals surface area contributed by atoms with Crippen molar-refractivity contribution in [2.75, 3.05) is 6.54 Å². The van der Waals surface area contributed by atoms with Gasteiger partial charge in [-0.1, -0.05) is 6.92 Å². The van der Waals surface area contributed by atoms with E-state index >= 15 is 0 Å². The molecule has 0 unspecified atom stereocenters. The molecule has 2 rings (SSSR count). The first-order valence-corrected chi connectivity index (χ1v) is 4.78. The Labute approximate surface area is 81.1 Å². The summed E-state index contributed by atoms with van der Waals surface area (Å²) >= 11 is 0. The normalized spacial score (nSPS) is 15.4. The van der Waals surface area contributed by atoms with Crippen LogP contribution in [0.15, 0.2) is 4.79 Å². The summed E-state index contributed by atoms with van der Waals surface area (Å²) in [6.07, 6.45) is 1.23. The first kappa shape index (κ1) is 9.05. The van der Waals surface area contributed by atoms with Crippen molar-refractivity contribution in [2.24, 2.45) is 0 Å². The van der Waals surface area contributed by atoms with Gasteiger partial charge in [0.1, 0.15) is 0 Å². The van der Waals surface area contributed by atoms with Gasteiger partial charge >= 0.3 is 0 Å². The fourth-order valence-corrected chi connectivity index (χ4v) is 1.75. The van der Waals surface area contributed by atoms with E-state index in [0.717, 1.165) is 12.1 Å². The summed E-state index contributed by atoms with van der Waals surface area (Å²) in [5, 5.41) is 5.37. The number of rotatable bonds is 1. The molecule has 2 heterocycles. The van der Waals surface area contributed by atoms with Crippen molar-refractivity contribution in [1.82, 2.24) is 15.1 Å². The van der Waals surface area contributed by atoms with E-state index in [4.69, 9.17) is 0 Å². The monoisotopic (exact) mass is 195 g/mol. The number of hydrogen-bond donors (Lipinski definition) is 2. The van der Waals surface area contributed by atoms with Crippen LogP contribution >= 0.6 is 0 Å². The Kier molecular flexibility index (Phi) is 2.15. The molecule has 1 amide bonds. The van der Waals surface area contributed by atoms with Crippen molar-refractivity contribution in [3.8, 4) is 0 Å². The van der Waals surface area contributed by atoms with Crippen molar-refractivity contribution < 1.29 is 4.79 Å². The summed E-state index contributed by atoms with van der Waals surface area (Å²) in [5.74, 6) is 0.108. The van der Waals surface area contributed by atoms with Crippen molar-refractivity contribution in [1.29, 1.82) is 0 Å². The molecule has 0 aromatic carbocycles. The minimum atomic E-state index is -0.103.